The molecule has 11 heteroatoms. The smallest absolute Gasteiger partial charge is 0.344 e. The number of carbonyl (C=O) groups excluding carboxylic acids is 3. The number of nitrogens with zero attached hydrogens (tertiary/aromatic N) is 3. The van der Waals surface area contributed by atoms with Crippen LogP contribution in [0.1, 0.15) is 58.7 Å². The molecule has 2 unspecified atom stereocenters. The second-order valence-corrected chi connectivity index (χ2v) is 11.0. The predicted octanol–water partition coefficient (Wildman–Crippen LogP) is 2.82. The van der Waals surface area contributed by atoms with E-state index in [1.807, 2.05) is 19.9 Å². The molecule has 1 aliphatic carbocycles. The number of pyridine rings is 1. The van der Waals surface area contributed by atoms with Crippen molar-refractivity contribution in [3.8, 4) is 6.07 Å². The van der Waals surface area contributed by atoms with Crippen molar-refractivity contribution in [1.29, 1.82) is 5.26 Å². The van der Waals surface area contributed by atoms with Crippen molar-refractivity contribution in [1.82, 2.24) is 20.5 Å². The van der Waals surface area contributed by atoms with E-state index in [9.17, 15) is 32.8 Å². The number of carbonyl (C=O) groups is 3. The Kier molecular flexibility index (Phi) is 6.65. The Hall–Kier alpha value is -3.16. The molecule has 3 amide bonds. The fourth-order valence-corrected chi connectivity index (χ4v) is 5.02. The summed E-state index contributed by atoms with van der Waals surface area (Å²) in [6.45, 7) is 11.0. The molecule has 1 saturated carbocycles. The molecule has 5 atom stereocenters. The summed E-state index contributed by atoms with van der Waals surface area (Å²) in [6, 6.07) is -0.594. The molecule has 0 radical (unpaired) electrons. The molecule has 1 aromatic heterocycles. The Morgan fingerprint density at radius 2 is 1.83 bits per heavy atom. The molecule has 3 rings (SSSR count). The van der Waals surface area contributed by atoms with Crippen LogP contribution in [-0.4, -0.2) is 46.2 Å². The molecule has 1 saturated heterocycles. The quantitative estimate of drug-likeness (QED) is 0.655. The van der Waals surface area contributed by atoms with Crippen LogP contribution >= 0.6 is 0 Å². The van der Waals surface area contributed by atoms with E-state index in [-0.39, 0.29) is 28.7 Å². The maximum atomic E-state index is 13.5. The molecule has 2 aliphatic rings. The Morgan fingerprint density at radius 1 is 1.20 bits per heavy atom. The second-order valence-electron chi connectivity index (χ2n) is 11.0. The van der Waals surface area contributed by atoms with Gasteiger partial charge in [-0.05, 0) is 28.7 Å². The highest BCUT2D eigenvalue weighted by molar-refractivity contribution is 5.94. The van der Waals surface area contributed by atoms with Gasteiger partial charge in [0.2, 0.25) is 17.7 Å². The molecule has 1 aromatic rings. The molecule has 0 aromatic carbocycles. The Labute approximate surface area is 202 Å². The molecule has 190 valence electrons. The van der Waals surface area contributed by atoms with Crippen molar-refractivity contribution < 1.29 is 27.6 Å². The van der Waals surface area contributed by atoms with E-state index in [2.05, 4.69) is 15.6 Å². The maximum Gasteiger partial charge on any atom is 0.417 e. The van der Waals surface area contributed by atoms with E-state index >= 15 is 0 Å². The molecular formula is C24H30F3N5O3. The number of nitrogens with one attached hydrogen (secondary N) is 2. The number of halogens is 3. The minimum atomic E-state index is -4.65. The van der Waals surface area contributed by atoms with Crippen molar-refractivity contribution in [3.63, 3.8) is 0 Å². The number of aromatic nitrogens is 1. The van der Waals surface area contributed by atoms with Crippen LogP contribution in [0, 0.1) is 34.0 Å². The van der Waals surface area contributed by atoms with Gasteiger partial charge >= 0.3 is 6.18 Å². The third-order valence-electron chi connectivity index (χ3n) is 7.06. The first-order valence-electron chi connectivity index (χ1n) is 11.3. The van der Waals surface area contributed by atoms with Crippen LogP contribution in [0.2, 0.25) is 0 Å². The van der Waals surface area contributed by atoms with Gasteiger partial charge in [0.25, 0.3) is 0 Å². The van der Waals surface area contributed by atoms with Crippen LogP contribution in [0.5, 0.6) is 0 Å². The van der Waals surface area contributed by atoms with Gasteiger partial charge in [-0.25, -0.2) is 0 Å². The third kappa shape index (κ3) is 5.11. The molecule has 0 spiro atoms. The topological polar surface area (TPSA) is 115 Å². The van der Waals surface area contributed by atoms with Crippen LogP contribution < -0.4 is 10.6 Å². The summed E-state index contributed by atoms with van der Waals surface area (Å²) in [6.07, 6.45) is -2.92. The van der Waals surface area contributed by atoms with E-state index in [0.29, 0.717) is 12.7 Å². The first-order chi connectivity index (χ1) is 16.0. The molecule has 8 nitrogen and oxygen atoms in total. The number of alkyl halides is 3. The zero-order valence-electron chi connectivity index (χ0n) is 20.5. The maximum absolute atomic E-state index is 13.5. The van der Waals surface area contributed by atoms with Gasteiger partial charge in [0.15, 0.2) is 0 Å². The van der Waals surface area contributed by atoms with E-state index in [4.69, 9.17) is 0 Å². The molecular weight excluding hydrogens is 463 g/mol. The third-order valence-corrected chi connectivity index (χ3v) is 7.06. The Morgan fingerprint density at radius 3 is 2.34 bits per heavy atom. The Bertz CT molecular complexity index is 1070. The first-order valence-corrected chi connectivity index (χ1v) is 11.3. The molecule has 2 heterocycles. The highest BCUT2D eigenvalue weighted by Crippen LogP contribution is 2.65. The lowest BCUT2D eigenvalue weighted by Crippen LogP contribution is -2.59. The lowest BCUT2D eigenvalue weighted by molar-refractivity contribution is -0.145. The van der Waals surface area contributed by atoms with Gasteiger partial charge in [0.05, 0.1) is 11.6 Å². The summed E-state index contributed by atoms with van der Waals surface area (Å²) in [5.74, 6) is -1.55. The Balaban J connectivity index is 1.89. The van der Waals surface area contributed by atoms with E-state index in [1.165, 1.54) is 11.8 Å². The largest absolute Gasteiger partial charge is 0.417 e. The van der Waals surface area contributed by atoms with Gasteiger partial charge in [-0.15, -0.1) is 0 Å². The zero-order valence-corrected chi connectivity index (χ0v) is 20.5. The zero-order chi connectivity index (χ0) is 26.5. The van der Waals surface area contributed by atoms with Crippen molar-refractivity contribution >= 4 is 17.7 Å². The fourth-order valence-electron chi connectivity index (χ4n) is 5.02. The average molecular weight is 494 g/mol. The van der Waals surface area contributed by atoms with Crippen LogP contribution in [0.15, 0.2) is 18.5 Å². The van der Waals surface area contributed by atoms with E-state index in [1.54, 1.807) is 20.8 Å². The molecule has 35 heavy (non-hydrogen) atoms. The number of nitriles is 1. The lowest BCUT2D eigenvalue weighted by atomic mass is 9.85. The van der Waals surface area contributed by atoms with Crippen molar-refractivity contribution in [3.05, 3.63) is 29.6 Å². The van der Waals surface area contributed by atoms with Gasteiger partial charge in [0, 0.05) is 31.4 Å². The molecule has 1 aliphatic heterocycles. The monoisotopic (exact) mass is 493 g/mol. The van der Waals surface area contributed by atoms with Crippen LogP contribution in [0.3, 0.4) is 0 Å². The van der Waals surface area contributed by atoms with Gasteiger partial charge in [-0.3, -0.25) is 19.4 Å². The molecule has 2 N–H and O–H groups in total. The van der Waals surface area contributed by atoms with Gasteiger partial charge in [0.1, 0.15) is 18.1 Å². The normalized spacial score (nSPS) is 24.6. The average Bonchev–Trinajstić information content (AvgIpc) is 3.08. The summed E-state index contributed by atoms with van der Waals surface area (Å²) in [5, 5.41) is 14.8. The number of rotatable bonds is 5. The van der Waals surface area contributed by atoms with Crippen LogP contribution in [0.25, 0.3) is 0 Å². The molecule has 0 bridgehead atoms. The number of hydrogen-bond donors (Lipinski definition) is 2. The first kappa shape index (κ1) is 26.4. The number of piperidine rings is 1. The summed E-state index contributed by atoms with van der Waals surface area (Å²) < 4.78 is 39.3. The fraction of sp³-hybridized carbons (Fsp3) is 0.625. The highest BCUT2D eigenvalue weighted by Gasteiger charge is 2.69. The van der Waals surface area contributed by atoms with Crippen LogP contribution in [0.4, 0.5) is 13.2 Å². The van der Waals surface area contributed by atoms with Gasteiger partial charge in [-0.1, -0.05) is 34.6 Å². The van der Waals surface area contributed by atoms with Gasteiger partial charge < -0.3 is 15.5 Å². The van der Waals surface area contributed by atoms with E-state index in [0.717, 1.165) is 12.3 Å². The summed E-state index contributed by atoms with van der Waals surface area (Å²) >= 11 is 0. The van der Waals surface area contributed by atoms with Gasteiger partial charge in [-0.2, -0.15) is 18.4 Å². The minimum Gasteiger partial charge on any atom is -0.344 e. The number of fused-ring (bicyclic) bond motifs is 1. The summed E-state index contributed by atoms with van der Waals surface area (Å²) in [5.41, 5.74) is -1.99. The molecule has 2 fully saturated rings. The van der Waals surface area contributed by atoms with Crippen molar-refractivity contribution in [2.75, 3.05) is 6.54 Å². The number of hydrogen-bond acceptors (Lipinski definition) is 5. The minimum absolute atomic E-state index is 0.0518. The highest BCUT2D eigenvalue weighted by atomic mass is 19.4. The summed E-state index contributed by atoms with van der Waals surface area (Å²) in [4.78, 5) is 43.7. The SMILES string of the molecule is CC(=O)N[C@H](C(=O)N1C[C@H]2C([C@H]1C(=O)NC(C#N)c1cncc(C(F)(F)F)c1)C2(C)C)C(C)(C)C. The second kappa shape index (κ2) is 8.81. The standard InChI is InChI=1S/C24H30F3N5O3/c1-12(33)30-19(22(2,3)4)21(35)32-11-15-17(23(15,5)6)18(32)20(34)31-16(8-28)13-7-14(10-29-9-13)24(25,26)27/h7,9-10,15-19H,11H2,1-6H3,(H,30,33)(H,31,34)/t15-,16?,17?,18-,19+/m0/s1. The van der Waals surface area contributed by atoms with Crippen LogP contribution in [-0.2, 0) is 20.6 Å². The van der Waals surface area contributed by atoms with Crippen molar-refractivity contribution in [2.45, 2.75) is 65.8 Å². The van der Waals surface area contributed by atoms with E-state index < -0.39 is 47.1 Å². The summed E-state index contributed by atoms with van der Waals surface area (Å²) in [7, 11) is 0. The number of likely N-dealkylation sites (tertiary alicyclic amines) is 1. The lowest BCUT2D eigenvalue weighted by Gasteiger charge is -2.37. The van der Waals surface area contributed by atoms with Crippen molar-refractivity contribution in [2.24, 2.45) is 22.7 Å². The predicted molar refractivity (Wildman–Crippen MR) is 119 cm³/mol. The number of amides is 3.